The molecule has 3 aromatic carbocycles. The number of halogens is 2. The molecule has 0 atom stereocenters. The van der Waals surface area contributed by atoms with Crippen molar-refractivity contribution in [2.45, 2.75) is 32.6 Å². The van der Waals surface area contributed by atoms with E-state index in [9.17, 15) is 23.9 Å². The number of nitrogens with one attached hydrogen (secondary N) is 2. The van der Waals surface area contributed by atoms with E-state index in [2.05, 4.69) is 15.6 Å². The number of hydrogen-bond acceptors (Lipinski definition) is 8. The molecule has 13 heteroatoms. The molecule has 0 bridgehead atoms. The molecule has 1 aliphatic carbocycles. The summed E-state index contributed by atoms with van der Waals surface area (Å²) in [5.74, 6) is -2.57. The first-order valence-corrected chi connectivity index (χ1v) is 13.9. The molecule has 5 rings (SSSR count). The van der Waals surface area contributed by atoms with Crippen LogP contribution in [-0.4, -0.2) is 36.0 Å². The summed E-state index contributed by atoms with van der Waals surface area (Å²) in [5.41, 5.74) is -0.333. The number of carbonyl (C=O) groups is 3. The van der Waals surface area contributed by atoms with Crippen LogP contribution in [0.2, 0.25) is 0 Å². The Kier molecular flexibility index (Phi) is 11.5. The Labute approximate surface area is 299 Å². The van der Waals surface area contributed by atoms with Crippen LogP contribution in [0.25, 0.3) is 10.9 Å². The average Bonchev–Trinajstić information content (AvgIpc) is 3.81. The fourth-order valence-corrected chi connectivity index (χ4v) is 4.49. The molecule has 0 unspecified atom stereocenters. The number of carboxylic acids is 1. The molecule has 1 heterocycles. The Morgan fingerprint density at radius 3 is 2.18 bits per heavy atom. The van der Waals surface area contributed by atoms with Gasteiger partial charge in [0.15, 0.2) is 23.1 Å². The van der Waals surface area contributed by atoms with Gasteiger partial charge in [0.2, 0.25) is 11.8 Å². The third-order valence-corrected chi connectivity index (χ3v) is 6.98. The Morgan fingerprint density at radius 1 is 0.867 bits per heavy atom. The molecule has 0 spiro atoms. The first kappa shape index (κ1) is 34.3. The molecule has 45 heavy (non-hydrogen) atoms. The zero-order chi connectivity index (χ0) is 31.3. The molecule has 1 saturated carbocycles. The van der Waals surface area contributed by atoms with Gasteiger partial charge in [-0.2, -0.15) is 0 Å². The van der Waals surface area contributed by atoms with E-state index >= 15 is 4.39 Å². The first-order chi connectivity index (χ1) is 21.2. The first-order valence-electron chi connectivity index (χ1n) is 13.9. The molecule has 4 aromatic rings. The second kappa shape index (κ2) is 15.1. The Hall–Kier alpha value is -3.62. The van der Waals surface area contributed by atoms with Crippen molar-refractivity contribution < 1.29 is 93.9 Å². The fraction of sp³-hybridized carbons (Fsp3) is 0.250. The molecule has 1 fully saturated rings. The summed E-state index contributed by atoms with van der Waals surface area (Å²) in [7, 11) is 0. The minimum absolute atomic E-state index is 0. The van der Waals surface area contributed by atoms with E-state index in [-0.39, 0.29) is 88.0 Å². The number of nitrogens with zero attached hydrogens (tertiary/aromatic N) is 1. The Morgan fingerprint density at radius 2 is 1.53 bits per heavy atom. The molecule has 0 aliphatic heterocycles. The van der Waals surface area contributed by atoms with E-state index in [1.807, 2.05) is 0 Å². The van der Waals surface area contributed by atoms with E-state index in [0.29, 0.717) is 47.5 Å². The molecule has 1 aliphatic rings. The number of aliphatic carboxylic acids is 1. The number of hydrogen-bond donors (Lipinski definition) is 2. The average molecular weight is 644 g/mol. The number of carbonyl (C=O) groups excluding carboxylic acids is 3. The number of fused-ring (bicyclic) bond motifs is 1. The smallest absolute Gasteiger partial charge is 0.550 e. The molecular weight excluding hydrogens is 615 g/mol. The molecule has 2 amide bonds. The van der Waals surface area contributed by atoms with Crippen molar-refractivity contribution in [2.75, 3.05) is 23.8 Å². The monoisotopic (exact) mass is 643 g/mol. The predicted octanol–water partition coefficient (Wildman–Crippen LogP) is 1.97. The molecule has 10 nitrogen and oxygen atoms in total. The van der Waals surface area contributed by atoms with Gasteiger partial charge in [0, 0.05) is 41.1 Å². The van der Waals surface area contributed by atoms with E-state index in [4.69, 9.17) is 14.2 Å². The summed E-state index contributed by atoms with van der Waals surface area (Å²) in [5, 5.41) is 16.4. The second-order valence-electron chi connectivity index (χ2n) is 10.1. The van der Waals surface area contributed by atoms with Gasteiger partial charge in [-0.15, -0.1) is 0 Å². The summed E-state index contributed by atoms with van der Waals surface area (Å²) >= 11 is 0. The van der Waals surface area contributed by atoms with E-state index < -0.39 is 34.8 Å². The van der Waals surface area contributed by atoms with Crippen LogP contribution in [0.3, 0.4) is 0 Å². The topological polar surface area (TPSA) is 139 Å². The van der Waals surface area contributed by atoms with Crippen molar-refractivity contribution >= 4 is 40.1 Å². The minimum Gasteiger partial charge on any atom is -0.550 e. The van der Waals surface area contributed by atoms with Crippen molar-refractivity contribution in [3.05, 3.63) is 78.5 Å². The van der Waals surface area contributed by atoms with Crippen LogP contribution in [0.1, 0.15) is 32.6 Å². The molecule has 0 saturated heterocycles. The van der Waals surface area contributed by atoms with Gasteiger partial charge in [-0.1, -0.05) is 0 Å². The maximum absolute atomic E-state index is 15.2. The summed E-state index contributed by atoms with van der Waals surface area (Å²) in [6.07, 6.45) is 2.23. The fourth-order valence-electron chi connectivity index (χ4n) is 4.49. The molecule has 1 aromatic heterocycles. The number of carboxylic acid groups (broad SMARTS) is 1. The van der Waals surface area contributed by atoms with Crippen molar-refractivity contribution in [2.24, 2.45) is 5.41 Å². The van der Waals surface area contributed by atoms with Crippen LogP contribution in [0.5, 0.6) is 23.0 Å². The minimum atomic E-state index is -1.30. The second-order valence-corrected chi connectivity index (χ2v) is 10.1. The van der Waals surface area contributed by atoms with Gasteiger partial charge in [0.25, 0.3) is 0 Å². The van der Waals surface area contributed by atoms with Crippen molar-refractivity contribution in [1.29, 1.82) is 0 Å². The van der Waals surface area contributed by atoms with Crippen LogP contribution in [0, 0.1) is 17.0 Å². The van der Waals surface area contributed by atoms with Gasteiger partial charge in [-0.25, -0.2) is 8.78 Å². The van der Waals surface area contributed by atoms with Crippen LogP contribution in [-0.2, 0) is 14.4 Å². The maximum Gasteiger partial charge on any atom is 1.00 e. The number of benzene rings is 3. The quantitative estimate of drug-likeness (QED) is 0.128. The van der Waals surface area contributed by atoms with Crippen LogP contribution in [0.15, 0.2) is 66.9 Å². The molecule has 0 radical (unpaired) electrons. The third-order valence-electron chi connectivity index (χ3n) is 6.98. The largest absolute Gasteiger partial charge is 1.00 e. The van der Waals surface area contributed by atoms with Crippen molar-refractivity contribution in [3.8, 4) is 23.0 Å². The summed E-state index contributed by atoms with van der Waals surface area (Å²) in [6.45, 7) is 2.25. The third kappa shape index (κ3) is 8.35. The Bertz CT molecular complexity index is 1720. The number of pyridine rings is 1. The predicted molar refractivity (Wildman–Crippen MR) is 154 cm³/mol. The van der Waals surface area contributed by atoms with E-state index in [1.165, 1.54) is 42.6 Å². The number of aromatic nitrogens is 1. The summed E-state index contributed by atoms with van der Waals surface area (Å²) < 4.78 is 45.7. The molecular formula is C32H28F2KN3O7. The van der Waals surface area contributed by atoms with Crippen molar-refractivity contribution in [1.82, 2.24) is 4.98 Å². The number of amides is 2. The Balaban J connectivity index is 0.00000461. The number of ether oxygens (including phenoxy) is 3. The van der Waals surface area contributed by atoms with Crippen molar-refractivity contribution in [3.63, 3.8) is 0 Å². The van der Waals surface area contributed by atoms with Gasteiger partial charge in [0.1, 0.15) is 17.0 Å². The van der Waals surface area contributed by atoms with Gasteiger partial charge < -0.3 is 34.7 Å². The standard InChI is InChI=1S/C32H29F2N3O7.K/c1-2-42-27-17-22-24(18-28(27)43-15-3-4-29(38)39)35-14-11-25(22)44-26-10-9-21(16-23(26)34)37-31(41)32(12-13-32)30(40)36-20-7-5-19(33)6-8-20;/h5-11,14,16-18H,2-4,12-13,15H2,1H3,(H,36,40)(H,37,41)(H,38,39);/q;+1/p-1. The zero-order valence-corrected chi connectivity index (χ0v) is 27.8. The van der Waals surface area contributed by atoms with Gasteiger partial charge >= 0.3 is 51.4 Å². The van der Waals surface area contributed by atoms with Crippen LogP contribution >= 0.6 is 0 Å². The van der Waals surface area contributed by atoms with Gasteiger partial charge in [-0.05, 0) is 81.1 Å². The van der Waals surface area contributed by atoms with Gasteiger partial charge in [0.05, 0.1) is 18.7 Å². The molecule has 228 valence electrons. The zero-order valence-electron chi connectivity index (χ0n) is 24.7. The summed E-state index contributed by atoms with van der Waals surface area (Å²) in [4.78, 5) is 40.8. The van der Waals surface area contributed by atoms with Crippen LogP contribution in [0.4, 0.5) is 20.2 Å². The number of anilines is 2. The summed E-state index contributed by atoms with van der Waals surface area (Å²) in [6, 6.07) is 13.9. The SMILES string of the molecule is CCOc1cc2c(Oc3ccc(NC(=O)C4(C(=O)Nc5ccc(F)cc5)CC4)cc3F)ccnc2cc1OCCCC(=O)[O-].[K+]. The van der Waals surface area contributed by atoms with E-state index in [1.54, 1.807) is 25.1 Å². The molecule has 2 N–H and O–H groups in total. The van der Waals surface area contributed by atoms with Gasteiger partial charge in [-0.3, -0.25) is 14.6 Å². The number of rotatable bonds is 13. The van der Waals surface area contributed by atoms with Crippen LogP contribution < -0.4 is 81.3 Å². The normalized spacial score (nSPS) is 12.9. The maximum atomic E-state index is 15.2. The van der Waals surface area contributed by atoms with E-state index in [0.717, 1.165) is 6.07 Å².